The molecule has 11 heteroatoms. The van der Waals surface area contributed by atoms with Crippen LogP contribution >= 0.6 is 0 Å². The van der Waals surface area contributed by atoms with Gasteiger partial charge in [0, 0.05) is 18.7 Å². The van der Waals surface area contributed by atoms with E-state index in [1.165, 1.54) is 37.3 Å². The van der Waals surface area contributed by atoms with Crippen LogP contribution in [0.15, 0.2) is 71.6 Å². The number of benzene rings is 3. The smallest absolute Gasteiger partial charge is 0.264 e. The normalized spacial score (nSPS) is 14.0. The Kier molecular flexibility index (Phi) is 11.3. The third kappa shape index (κ3) is 8.08. The van der Waals surface area contributed by atoms with Gasteiger partial charge in [-0.3, -0.25) is 13.9 Å². The summed E-state index contributed by atoms with van der Waals surface area (Å²) >= 11 is 0. The molecule has 0 heterocycles. The zero-order valence-electron chi connectivity index (χ0n) is 26.6. The number of anilines is 1. The van der Waals surface area contributed by atoms with Crippen molar-refractivity contribution in [1.82, 2.24) is 10.2 Å². The molecule has 1 aliphatic rings. The molecule has 2 amide bonds. The van der Waals surface area contributed by atoms with Crippen molar-refractivity contribution in [2.45, 2.75) is 69.5 Å². The van der Waals surface area contributed by atoms with Gasteiger partial charge in [0.2, 0.25) is 11.8 Å². The van der Waals surface area contributed by atoms with E-state index in [2.05, 4.69) is 5.32 Å². The summed E-state index contributed by atoms with van der Waals surface area (Å²) in [5.74, 6) is 0.526. The van der Waals surface area contributed by atoms with E-state index in [9.17, 15) is 18.0 Å². The number of ether oxygens (including phenoxy) is 3. The molecule has 1 atom stereocenters. The van der Waals surface area contributed by atoms with Crippen LogP contribution in [0.4, 0.5) is 5.69 Å². The van der Waals surface area contributed by atoms with Crippen molar-refractivity contribution in [2.75, 3.05) is 32.2 Å². The molecule has 1 N–H and O–H groups in total. The predicted octanol–water partition coefficient (Wildman–Crippen LogP) is 5.08. The Balaban J connectivity index is 1.73. The summed E-state index contributed by atoms with van der Waals surface area (Å²) in [5, 5.41) is 3.13. The highest BCUT2D eigenvalue weighted by molar-refractivity contribution is 7.92. The lowest BCUT2D eigenvalue weighted by Crippen LogP contribution is -2.53. The lowest BCUT2D eigenvalue weighted by Gasteiger charge is -2.34. The maximum absolute atomic E-state index is 14.3. The summed E-state index contributed by atoms with van der Waals surface area (Å²) in [6.45, 7) is 3.33. The zero-order chi connectivity index (χ0) is 32.6. The van der Waals surface area contributed by atoms with E-state index >= 15 is 0 Å². The molecule has 242 valence electrons. The van der Waals surface area contributed by atoms with E-state index in [4.69, 9.17) is 14.2 Å². The number of rotatable bonds is 14. The Hall–Kier alpha value is -4.25. The Labute approximate surface area is 266 Å². The van der Waals surface area contributed by atoms with Gasteiger partial charge in [-0.25, -0.2) is 8.42 Å². The molecule has 0 saturated heterocycles. The van der Waals surface area contributed by atoms with E-state index in [-0.39, 0.29) is 29.1 Å². The first kappa shape index (κ1) is 33.6. The fourth-order valence-corrected chi connectivity index (χ4v) is 6.99. The van der Waals surface area contributed by atoms with Crippen LogP contribution in [0.25, 0.3) is 0 Å². The van der Waals surface area contributed by atoms with Gasteiger partial charge in [-0.15, -0.1) is 0 Å². The van der Waals surface area contributed by atoms with Crippen LogP contribution in [-0.2, 0) is 26.2 Å². The lowest BCUT2D eigenvalue weighted by atomic mass is 10.1. The van der Waals surface area contributed by atoms with Crippen molar-refractivity contribution in [1.29, 1.82) is 0 Å². The molecule has 1 aliphatic carbocycles. The van der Waals surface area contributed by atoms with Gasteiger partial charge in [-0.05, 0) is 68.1 Å². The highest BCUT2D eigenvalue weighted by Gasteiger charge is 2.35. The second-order valence-corrected chi connectivity index (χ2v) is 13.0. The van der Waals surface area contributed by atoms with E-state index < -0.39 is 28.5 Å². The number of amides is 2. The Morgan fingerprint density at radius 1 is 0.889 bits per heavy atom. The minimum Gasteiger partial charge on any atom is -0.497 e. The number of carbonyl (C=O) groups excluding carboxylic acids is 2. The largest absolute Gasteiger partial charge is 0.497 e. The molecular formula is C34H43N3O7S. The molecule has 4 rings (SSSR count). The summed E-state index contributed by atoms with van der Waals surface area (Å²) in [6, 6.07) is 17.7. The Bertz CT molecular complexity index is 1550. The molecule has 10 nitrogen and oxygen atoms in total. The summed E-state index contributed by atoms with van der Waals surface area (Å²) in [7, 11) is 0.191. The maximum atomic E-state index is 14.3. The lowest BCUT2D eigenvalue weighted by molar-refractivity contribution is -0.140. The van der Waals surface area contributed by atoms with E-state index in [1.54, 1.807) is 43.5 Å². The van der Waals surface area contributed by atoms with Gasteiger partial charge in [-0.2, -0.15) is 0 Å². The molecule has 45 heavy (non-hydrogen) atoms. The van der Waals surface area contributed by atoms with E-state index in [0.717, 1.165) is 41.1 Å². The van der Waals surface area contributed by atoms with Gasteiger partial charge >= 0.3 is 0 Å². The van der Waals surface area contributed by atoms with Gasteiger partial charge in [0.1, 0.15) is 18.3 Å². The average Bonchev–Trinajstić information content (AvgIpc) is 3.56. The fraction of sp³-hybridized carbons (Fsp3) is 0.412. The first-order chi connectivity index (χ1) is 21.6. The average molecular weight is 638 g/mol. The number of hydrogen-bond donors (Lipinski definition) is 1. The number of nitrogens with zero attached hydrogens (tertiary/aromatic N) is 2. The Morgan fingerprint density at radius 2 is 1.53 bits per heavy atom. The summed E-state index contributed by atoms with van der Waals surface area (Å²) in [4.78, 5) is 29.4. The topological polar surface area (TPSA) is 114 Å². The third-order valence-electron chi connectivity index (χ3n) is 8.14. The van der Waals surface area contributed by atoms with Gasteiger partial charge < -0.3 is 24.4 Å². The van der Waals surface area contributed by atoms with Crippen molar-refractivity contribution < 1.29 is 32.2 Å². The summed E-state index contributed by atoms with van der Waals surface area (Å²) in [6.07, 6.45) is 4.26. The highest BCUT2D eigenvalue weighted by Crippen LogP contribution is 2.32. The fourth-order valence-electron chi connectivity index (χ4n) is 5.56. The van der Waals surface area contributed by atoms with Crippen molar-refractivity contribution in [2.24, 2.45) is 0 Å². The highest BCUT2D eigenvalue weighted by atomic mass is 32.2. The molecule has 3 aromatic rings. The molecule has 0 bridgehead atoms. The number of sulfonamides is 1. The monoisotopic (exact) mass is 637 g/mol. The molecule has 0 aromatic heterocycles. The minimum atomic E-state index is -4.27. The summed E-state index contributed by atoms with van der Waals surface area (Å²) < 4.78 is 45.5. The number of hydrogen-bond acceptors (Lipinski definition) is 7. The van der Waals surface area contributed by atoms with Crippen LogP contribution in [0.1, 0.15) is 50.2 Å². The van der Waals surface area contributed by atoms with Crippen LogP contribution < -0.4 is 23.8 Å². The van der Waals surface area contributed by atoms with Crippen molar-refractivity contribution >= 4 is 27.5 Å². The van der Waals surface area contributed by atoms with E-state index in [0.29, 0.717) is 23.6 Å². The van der Waals surface area contributed by atoms with Gasteiger partial charge in [-0.1, -0.05) is 49.6 Å². The van der Waals surface area contributed by atoms with Gasteiger partial charge in [0.05, 0.1) is 31.9 Å². The quantitative estimate of drug-likeness (QED) is 0.262. The Morgan fingerprint density at radius 3 is 2.11 bits per heavy atom. The SMILES string of the molecule is CC[C@H](C(=O)NC1CCCC1)N(Cc1ccc(OC)cc1)C(=O)CN(c1ccc(C)cc1)S(=O)(=O)c1ccc(OC)c(OC)c1. The van der Waals surface area contributed by atoms with Crippen molar-refractivity contribution in [3.63, 3.8) is 0 Å². The maximum Gasteiger partial charge on any atom is 0.264 e. The minimum absolute atomic E-state index is 0.0683. The van der Waals surface area contributed by atoms with Crippen molar-refractivity contribution in [3.05, 3.63) is 77.9 Å². The molecule has 3 aromatic carbocycles. The van der Waals surface area contributed by atoms with Gasteiger partial charge in [0.25, 0.3) is 10.0 Å². The van der Waals surface area contributed by atoms with Gasteiger partial charge in [0.15, 0.2) is 11.5 Å². The molecular weight excluding hydrogens is 594 g/mol. The molecule has 0 radical (unpaired) electrons. The van der Waals surface area contributed by atoms with Crippen LogP contribution in [-0.4, -0.2) is 65.1 Å². The van der Waals surface area contributed by atoms with Crippen molar-refractivity contribution in [3.8, 4) is 17.2 Å². The van der Waals surface area contributed by atoms with Crippen LogP contribution in [0.5, 0.6) is 17.2 Å². The molecule has 1 fully saturated rings. The standard InChI is InChI=1S/C34H43N3O7S/c1-6-30(34(39)35-26-9-7-8-10-26)36(22-25-13-17-28(42-3)18-14-25)33(38)23-37(27-15-11-24(2)12-16-27)45(40,41)29-19-20-31(43-4)32(21-29)44-5/h11-21,26,30H,6-10,22-23H2,1-5H3,(H,35,39)/t30-/m1/s1. The number of carbonyl (C=O) groups is 2. The zero-order valence-corrected chi connectivity index (χ0v) is 27.4. The molecule has 0 spiro atoms. The second-order valence-electron chi connectivity index (χ2n) is 11.1. The van der Waals surface area contributed by atoms with Crippen LogP contribution in [0, 0.1) is 6.92 Å². The first-order valence-corrected chi connectivity index (χ1v) is 16.6. The number of methoxy groups -OCH3 is 3. The number of nitrogens with one attached hydrogen (secondary N) is 1. The predicted molar refractivity (Wildman–Crippen MR) is 173 cm³/mol. The molecule has 1 saturated carbocycles. The summed E-state index contributed by atoms with van der Waals surface area (Å²) in [5.41, 5.74) is 2.03. The van der Waals surface area contributed by atoms with E-state index in [1.807, 2.05) is 26.0 Å². The number of aryl methyl sites for hydroxylation is 1. The molecule has 0 aliphatic heterocycles. The molecule has 0 unspecified atom stereocenters. The van der Waals surface area contributed by atoms with Crippen LogP contribution in [0.2, 0.25) is 0 Å². The van der Waals surface area contributed by atoms with Crippen LogP contribution in [0.3, 0.4) is 0 Å². The first-order valence-electron chi connectivity index (χ1n) is 15.2. The third-order valence-corrected chi connectivity index (χ3v) is 9.91. The second kappa shape index (κ2) is 15.2.